The van der Waals surface area contributed by atoms with Crippen LogP contribution in [0.5, 0.6) is 0 Å². The van der Waals surface area contributed by atoms with Gasteiger partial charge in [0.15, 0.2) is 0 Å². The fourth-order valence-corrected chi connectivity index (χ4v) is 2.21. The van der Waals surface area contributed by atoms with Gasteiger partial charge in [0.25, 0.3) is 5.56 Å². The van der Waals surface area contributed by atoms with E-state index in [9.17, 15) is 4.79 Å². The van der Waals surface area contributed by atoms with Gasteiger partial charge >= 0.3 is 0 Å². The Morgan fingerprint density at radius 2 is 2.26 bits per heavy atom. The summed E-state index contributed by atoms with van der Waals surface area (Å²) in [5.41, 5.74) is 0.549. The van der Waals surface area contributed by atoms with E-state index in [1.54, 1.807) is 6.07 Å². The molecule has 0 aliphatic carbocycles. The highest BCUT2D eigenvalue weighted by atomic mass is 127. The number of hydrogen-bond donors (Lipinski definition) is 1. The van der Waals surface area contributed by atoms with Crippen molar-refractivity contribution in [3.8, 4) is 0 Å². The van der Waals surface area contributed by atoms with Gasteiger partial charge in [-0.1, -0.05) is 11.6 Å². The summed E-state index contributed by atoms with van der Waals surface area (Å²) in [6.45, 7) is 3.07. The average Bonchev–Trinajstić information content (AvgIpc) is 2.39. The molecule has 0 aliphatic heterocycles. The van der Waals surface area contributed by atoms with E-state index >= 15 is 0 Å². The molecule has 100 valence electrons. The molecule has 2 heterocycles. The van der Waals surface area contributed by atoms with Crippen LogP contribution in [-0.4, -0.2) is 21.1 Å². The highest BCUT2D eigenvalue weighted by Gasteiger charge is 2.07. The molecule has 1 N–H and O–H groups in total. The van der Waals surface area contributed by atoms with Crippen molar-refractivity contribution < 1.29 is 0 Å². The van der Waals surface area contributed by atoms with E-state index in [0.29, 0.717) is 20.8 Å². The van der Waals surface area contributed by atoms with Gasteiger partial charge in [-0.25, -0.2) is 9.97 Å². The zero-order chi connectivity index (χ0) is 13.8. The molecule has 0 fully saturated rings. The van der Waals surface area contributed by atoms with Gasteiger partial charge in [0, 0.05) is 12.7 Å². The fraction of sp³-hybridized carbons (Fsp3) is 0.250. The first-order valence-electron chi connectivity index (χ1n) is 5.71. The third kappa shape index (κ3) is 3.44. The normalized spacial score (nSPS) is 10.5. The van der Waals surface area contributed by atoms with Gasteiger partial charge in [0.1, 0.15) is 5.82 Å². The molecule has 0 radical (unpaired) electrons. The van der Waals surface area contributed by atoms with Crippen molar-refractivity contribution in [2.45, 2.75) is 13.5 Å². The highest BCUT2D eigenvalue weighted by Crippen LogP contribution is 2.17. The van der Waals surface area contributed by atoms with Crippen molar-refractivity contribution in [3.05, 3.63) is 49.3 Å². The number of rotatable bonds is 4. The quantitative estimate of drug-likeness (QED) is 0.815. The maximum atomic E-state index is 11.9. The number of nitrogens with zero attached hydrogens (tertiary/aromatic N) is 3. The van der Waals surface area contributed by atoms with Crippen molar-refractivity contribution in [3.63, 3.8) is 0 Å². The topological polar surface area (TPSA) is 59.8 Å². The molecule has 7 heteroatoms. The molecule has 2 rings (SSSR count). The summed E-state index contributed by atoms with van der Waals surface area (Å²) in [6, 6.07) is 3.58. The van der Waals surface area contributed by atoms with Crippen molar-refractivity contribution in [2.75, 3.05) is 11.9 Å². The molecule has 2 aromatic heterocycles. The predicted molar refractivity (Wildman–Crippen MR) is 83.7 cm³/mol. The lowest BCUT2D eigenvalue weighted by atomic mass is 10.3. The summed E-state index contributed by atoms with van der Waals surface area (Å²) >= 11 is 8.07. The summed E-state index contributed by atoms with van der Waals surface area (Å²) in [6.07, 6.45) is 3.02. The van der Waals surface area contributed by atoms with Gasteiger partial charge in [-0.2, -0.15) is 0 Å². The smallest absolute Gasteiger partial charge is 0.267 e. The van der Waals surface area contributed by atoms with Crippen LogP contribution in [0.1, 0.15) is 12.6 Å². The first kappa shape index (κ1) is 14.3. The summed E-state index contributed by atoms with van der Waals surface area (Å²) in [4.78, 5) is 20.3. The molecule has 0 spiro atoms. The maximum absolute atomic E-state index is 11.9. The molecule has 0 saturated heterocycles. The van der Waals surface area contributed by atoms with Crippen molar-refractivity contribution in [1.29, 1.82) is 0 Å². The Balaban J connectivity index is 2.34. The molecule has 0 amide bonds. The molecule has 0 aliphatic rings. The molecule has 0 aromatic carbocycles. The zero-order valence-corrected chi connectivity index (χ0v) is 13.1. The number of aromatic nitrogens is 3. The molecular formula is C12H12ClIN4O. The average molecular weight is 391 g/mol. The van der Waals surface area contributed by atoms with E-state index in [-0.39, 0.29) is 5.56 Å². The minimum Gasteiger partial charge on any atom is -0.370 e. The van der Waals surface area contributed by atoms with Gasteiger partial charge in [0.2, 0.25) is 0 Å². The van der Waals surface area contributed by atoms with E-state index in [4.69, 9.17) is 11.6 Å². The van der Waals surface area contributed by atoms with Crippen LogP contribution in [0.3, 0.4) is 0 Å². The van der Waals surface area contributed by atoms with Crippen molar-refractivity contribution >= 4 is 40.0 Å². The van der Waals surface area contributed by atoms with Crippen LogP contribution < -0.4 is 10.9 Å². The van der Waals surface area contributed by atoms with Crippen LogP contribution in [0.4, 0.5) is 5.82 Å². The third-order valence-corrected chi connectivity index (χ3v) is 3.54. The summed E-state index contributed by atoms with van der Waals surface area (Å²) < 4.78 is 2.06. The monoisotopic (exact) mass is 390 g/mol. The van der Waals surface area contributed by atoms with E-state index in [0.717, 1.165) is 12.4 Å². The van der Waals surface area contributed by atoms with Crippen LogP contribution in [0, 0.1) is 3.57 Å². The Labute approximate surface area is 129 Å². The van der Waals surface area contributed by atoms with Crippen molar-refractivity contribution in [1.82, 2.24) is 14.5 Å². The van der Waals surface area contributed by atoms with Crippen LogP contribution in [0.25, 0.3) is 0 Å². The molecule has 0 saturated carbocycles. The van der Waals surface area contributed by atoms with Gasteiger partial charge in [-0.05, 0) is 41.6 Å². The van der Waals surface area contributed by atoms with Crippen molar-refractivity contribution in [2.24, 2.45) is 0 Å². The largest absolute Gasteiger partial charge is 0.370 e. The lowest BCUT2D eigenvalue weighted by Gasteiger charge is -2.09. The summed E-state index contributed by atoms with van der Waals surface area (Å²) in [7, 11) is 0. The number of halogens is 2. The molecule has 0 unspecified atom stereocenters. The second-order valence-corrected chi connectivity index (χ2v) is 5.40. The van der Waals surface area contributed by atoms with Crippen LogP contribution in [-0.2, 0) is 6.54 Å². The number of anilines is 1. The maximum Gasteiger partial charge on any atom is 0.267 e. The Bertz CT molecular complexity index is 644. The van der Waals surface area contributed by atoms with Gasteiger partial charge < -0.3 is 5.32 Å². The lowest BCUT2D eigenvalue weighted by Crippen LogP contribution is -2.23. The van der Waals surface area contributed by atoms with E-state index < -0.39 is 0 Å². The summed E-state index contributed by atoms with van der Waals surface area (Å²) in [5, 5.41) is 3.65. The Morgan fingerprint density at radius 1 is 1.47 bits per heavy atom. The van der Waals surface area contributed by atoms with Crippen LogP contribution >= 0.6 is 34.2 Å². The Morgan fingerprint density at radius 3 is 3.00 bits per heavy atom. The minimum atomic E-state index is -0.0951. The molecular weight excluding hydrogens is 379 g/mol. The Kier molecular flexibility index (Phi) is 4.76. The highest BCUT2D eigenvalue weighted by molar-refractivity contribution is 14.1. The zero-order valence-electron chi connectivity index (χ0n) is 10.2. The minimum absolute atomic E-state index is 0.0951. The molecule has 5 nitrogen and oxygen atoms in total. The molecule has 0 atom stereocenters. The first-order chi connectivity index (χ1) is 9.11. The summed E-state index contributed by atoms with van der Waals surface area (Å²) in [5.74, 6) is 0.744. The lowest BCUT2D eigenvalue weighted by molar-refractivity contribution is 0.714. The second kappa shape index (κ2) is 6.33. The SMILES string of the molecule is CCNc1ccc(Cl)c(Cn2cncc(I)c2=O)n1. The molecule has 0 bridgehead atoms. The molecule has 2 aromatic rings. The number of hydrogen-bond acceptors (Lipinski definition) is 4. The van der Waals surface area contributed by atoms with Crippen LogP contribution in [0.2, 0.25) is 5.02 Å². The second-order valence-electron chi connectivity index (χ2n) is 3.83. The van der Waals surface area contributed by atoms with Gasteiger partial charge in [0.05, 0.1) is 27.2 Å². The van der Waals surface area contributed by atoms with Gasteiger partial charge in [-0.15, -0.1) is 0 Å². The fourth-order valence-electron chi connectivity index (χ4n) is 1.57. The predicted octanol–water partition coefficient (Wildman–Crippen LogP) is 2.38. The molecule has 19 heavy (non-hydrogen) atoms. The van der Waals surface area contributed by atoms with E-state index in [1.807, 2.05) is 35.6 Å². The third-order valence-electron chi connectivity index (χ3n) is 2.46. The van der Waals surface area contributed by atoms with E-state index in [2.05, 4.69) is 15.3 Å². The number of pyridine rings is 1. The van der Waals surface area contributed by atoms with Crippen LogP contribution in [0.15, 0.2) is 29.5 Å². The standard InChI is InChI=1S/C12H12ClIN4O/c1-2-16-11-4-3-8(13)10(17-11)6-18-7-15-5-9(14)12(18)19/h3-5,7H,2,6H2,1H3,(H,16,17). The first-order valence-corrected chi connectivity index (χ1v) is 7.16. The number of nitrogens with one attached hydrogen (secondary N) is 1. The van der Waals surface area contributed by atoms with E-state index in [1.165, 1.54) is 17.1 Å². The Hall–Kier alpha value is -1.15. The van der Waals surface area contributed by atoms with Gasteiger partial charge in [-0.3, -0.25) is 9.36 Å².